The fraction of sp³-hybridized carbons (Fsp3) is 0.667. The maximum Gasteiger partial charge on any atom is 0.134 e. The van der Waals surface area contributed by atoms with E-state index in [9.17, 15) is 0 Å². The summed E-state index contributed by atoms with van der Waals surface area (Å²) < 4.78 is 5.15. The van der Waals surface area contributed by atoms with E-state index in [-0.39, 0.29) is 0 Å². The van der Waals surface area contributed by atoms with E-state index < -0.39 is 0 Å². The van der Waals surface area contributed by atoms with Gasteiger partial charge >= 0.3 is 0 Å². The van der Waals surface area contributed by atoms with Gasteiger partial charge < -0.3 is 15.4 Å². The number of nitrogen functional groups attached to an aromatic ring is 1. The average molecular weight is 238 g/mol. The number of rotatable bonds is 7. The first-order valence-electron chi connectivity index (χ1n) is 6.06. The molecule has 1 aromatic rings. The molecule has 5 heteroatoms. The standard InChI is InChI=1S/C12H22N4O/c1-4-10(5-2)16(6-7-17-3)12-8-11(13)14-9-15-12/h8-10H,4-7H2,1-3H3,(H2,13,14,15). The highest BCUT2D eigenvalue weighted by Crippen LogP contribution is 2.18. The molecule has 96 valence electrons. The van der Waals surface area contributed by atoms with Crippen molar-refractivity contribution in [1.29, 1.82) is 0 Å². The zero-order valence-corrected chi connectivity index (χ0v) is 10.9. The van der Waals surface area contributed by atoms with E-state index in [4.69, 9.17) is 10.5 Å². The molecule has 0 saturated carbocycles. The lowest BCUT2D eigenvalue weighted by molar-refractivity contribution is 0.202. The second kappa shape index (κ2) is 7.06. The lowest BCUT2D eigenvalue weighted by Gasteiger charge is -2.31. The molecule has 0 radical (unpaired) electrons. The minimum absolute atomic E-state index is 0.458. The van der Waals surface area contributed by atoms with E-state index in [1.165, 1.54) is 6.33 Å². The molecule has 17 heavy (non-hydrogen) atoms. The largest absolute Gasteiger partial charge is 0.384 e. The van der Waals surface area contributed by atoms with Crippen molar-refractivity contribution in [3.05, 3.63) is 12.4 Å². The van der Waals surface area contributed by atoms with Crippen LogP contribution in [0.25, 0.3) is 0 Å². The zero-order valence-electron chi connectivity index (χ0n) is 10.9. The Kier molecular flexibility index (Phi) is 5.69. The number of aromatic nitrogens is 2. The molecule has 0 fully saturated rings. The van der Waals surface area contributed by atoms with Crippen LogP contribution in [0.1, 0.15) is 26.7 Å². The third kappa shape index (κ3) is 3.85. The van der Waals surface area contributed by atoms with Crippen molar-refractivity contribution in [2.24, 2.45) is 0 Å². The molecule has 0 saturated heterocycles. The summed E-state index contributed by atoms with van der Waals surface area (Å²) in [6, 6.07) is 2.27. The van der Waals surface area contributed by atoms with Gasteiger partial charge in [-0.3, -0.25) is 0 Å². The first-order chi connectivity index (χ1) is 8.22. The van der Waals surface area contributed by atoms with E-state index in [2.05, 4.69) is 28.7 Å². The minimum atomic E-state index is 0.458. The quantitative estimate of drug-likeness (QED) is 0.783. The maximum absolute atomic E-state index is 5.70. The highest BCUT2D eigenvalue weighted by atomic mass is 16.5. The second-order valence-electron chi connectivity index (χ2n) is 3.96. The molecule has 0 aliphatic heterocycles. The number of nitrogens with two attached hydrogens (primary N) is 1. The summed E-state index contributed by atoms with van der Waals surface area (Å²) in [5.41, 5.74) is 5.70. The summed E-state index contributed by atoms with van der Waals surface area (Å²) in [6.45, 7) is 5.86. The number of hydrogen-bond donors (Lipinski definition) is 1. The number of anilines is 2. The summed E-state index contributed by atoms with van der Waals surface area (Å²) in [6.07, 6.45) is 3.65. The normalized spacial score (nSPS) is 10.8. The van der Waals surface area contributed by atoms with Crippen molar-refractivity contribution in [2.45, 2.75) is 32.7 Å². The Morgan fingerprint density at radius 3 is 2.59 bits per heavy atom. The van der Waals surface area contributed by atoms with E-state index in [0.717, 1.165) is 25.2 Å². The first kappa shape index (κ1) is 13.7. The monoisotopic (exact) mass is 238 g/mol. The molecule has 0 atom stereocenters. The van der Waals surface area contributed by atoms with Crippen molar-refractivity contribution in [3.8, 4) is 0 Å². The minimum Gasteiger partial charge on any atom is -0.384 e. The second-order valence-corrected chi connectivity index (χ2v) is 3.96. The predicted molar refractivity (Wildman–Crippen MR) is 70.0 cm³/mol. The van der Waals surface area contributed by atoms with Gasteiger partial charge in [0.2, 0.25) is 0 Å². The summed E-state index contributed by atoms with van der Waals surface area (Å²) in [4.78, 5) is 10.4. The third-order valence-electron chi connectivity index (χ3n) is 2.89. The molecule has 0 bridgehead atoms. The van der Waals surface area contributed by atoms with Crippen LogP contribution in [0, 0.1) is 0 Å². The lowest BCUT2D eigenvalue weighted by Crippen LogP contribution is -2.37. The Morgan fingerprint density at radius 1 is 1.35 bits per heavy atom. The molecular weight excluding hydrogens is 216 g/mol. The van der Waals surface area contributed by atoms with Gasteiger partial charge in [0.25, 0.3) is 0 Å². The van der Waals surface area contributed by atoms with Crippen LogP contribution < -0.4 is 10.6 Å². The molecule has 0 spiro atoms. The van der Waals surface area contributed by atoms with Gasteiger partial charge in [0, 0.05) is 25.8 Å². The highest BCUT2D eigenvalue weighted by Gasteiger charge is 2.16. The molecule has 2 N–H and O–H groups in total. The van der Waals surface area contributed by atoms with Gasteiger partial charge in [-0.25, -0.2) is 9.97 Å². The number of hydrogen-bond acceptors (Lipinski definition) is 5. The molecule has 0 amide bonds. The van der Waals surface area contributed by atoms with Gasteiger partial charge in [0.1, 0.15) is 18.0 Å². The molecule has 0 aliphatic rings. The average Bonchev–Trinajstić information content (AvgIpc) is 2.34. The van der Waals surface area contributed by atoms with Gasteiger partial charge in [-0.05, 0) is 12.8 Å². The fourth-order valence-electron chi connectivity index (χ4n) is 1.92. The Hall–Kier alpha value is -1.36. The molecule has 1 rings (SSSR count). The summed E-state index contributed by atoms with van der Waals surface area (Å²) in [5, 5.41) is 0. The van der Waals surface area contributed by atoms with Crippen LogP contribution in [0.15, 0.2) is 12.4 Å². The van der Waals surface area contributed by atoms with E-state index in [0.29, 0.717) is 18.5 Å². The van der Waals surface area contributed by atoms with Crippen LogP contribution in [0.3, 0.4) is 0 Å². The number of methoxy groups -OCH3 is 1. The van der Waals surface area contributed by atoms with Crippen LogP contribution in [0.5, 0.6) is 0 Å². The zero-order chi connectivity index (χ0) is 12.7. The van der Waals surface area contributed by atoms with Crippen molar-refractivity contribution in [1.82, 2.24) is 9.97 Å². The van der Waals surface area contributed by atoms with E-state index in [1.807, 2.05) is 6.07 Å². The van der Waals surface area contributed by atoms with Gasteiger partial charge in [-0.1, -0.05) is 13.8 Å². The Morgan fingerprint density at radius 2 is 2.06 bits per heavy atom. The lowest BCUT2D eigenvalue weighted by atomic mass is 10.1. The van der Waals surface area contributed by atoms with Crippen LogP contribution in [-0.4, -0.2) is 36.3 Å². The highest BCUT2D eigenvalue weighted by molar-refractivity contribution is 5.46. The Balaban J connectivity index is 2.88. The Bertz CT molecular complexity index is 328. The first-order valence-corrected chi connectivity index (χ1v) is 6.06. The molecule has 0 unspecified atom stereocenters. The third-order valence-corrected chi connectivity index (χ3v) is 2.89. The van der Waals surface area contributed by atoms with E-state index >= 15 is 0 Å². The SMILES string of the molecule is CCC(CC)N(CCOC)c1cc(N)ncn1. The van der Waals surface area contributed by atoms with Crippen LogP contribution in [0.2, 0.25) is 0 Å². The number of ether oxygens (including phenoxy) is 1. The molecule has 1 heterocycles. The molecule has 5 nitrogen and oxygen atoms in total. The van der Waals surface area contributed by atoms with Crippen LogP contribution in [0.4, 0.5) is 11.6 Å². The van der Waals surface area contributed by atoms with Crippen molar-refractivity contribution >= 4 is 11.6 Å². The molecule has 1 aromatic heterocycles. The van der Waals surface area contributed by atoms with Crippen molar-refractivity contribution in [3.63, 3.8) is 0 Å². The molecule has 0 aromatic carbocycles. The Labute approximate surface area is 103 Å². The van der Waals surface area contributed by atoms with Crippen molar-refractivity contribution < 1.29 is 4.74 Å². The van der Waals surface area contributed by atoms with Crippen LogP contribution in [-0.2, 0) is 4.74 Å². The topological polar surface area (TPSA) is 64.3 Å². The summed E-state index contributed by atoms with van der Waals surface area (Å²) in [7, 11) is 1.71. The maximum atomic E-state index is 5.70. The van der Waals surface area contributed by atoms with E-state index in [1.54, 1.807) is 7.11 Å². The van der Waals surface area contributed by atoms with Crippen LogP contribution >= 0.6 is 0 Å². The smallest absolute Gasteiger partial charge is 0.134 e. The van der Waals surface area contributed by atoms with Gasteiger partial charge in [0.05, 0.1) is 6.61 Å². The van der Waals surface area contributed by atoms with Gasteiger partial charge in [-0.15, -0.1) is 0 Å². The van der Waals surface area contributed by atoms with Crippen molar-refractivity contribution in [2.75, 3.05) is 30.9 Å². The fourth-order valence-corrected chi connectivity index (χ4v) is 1.92. The summed E-state index contributed by atoms with van der Waals surface area (Å²) in [5.74, 6) is 1.38. The van der Waals surface area contributed by atoms with Gasteiger partial charge in [-0.2, -0.15) is 0 Å². The predicted octanol–water partition coefficient (Wildman–Crippen LogP) is 1.70. The molecule has 0 aliphatic carbocycles. The molecular formula is C12H22N4O. The van der Waals surface area contributed by atoms with Gasteiger partial charge in [0.15, 0.2) is 0 Å². The summed E-state index contributed by atoms with van der Waals surface area (Å²) >= 11 is 0. The number of nitrogens with zero attached hydrogens (tertiary/aromatic N) is 3.